The Morgan fingerprint density at radius 1 is 0.516 bits per heavy atom. The normalized spacial score (nSPS) is 12.4. The van der Waals surface area contributed by atoms with Crippen LogP contribution in [-0.4, -0.2) is 0 Å². The summed E-state index contributed by atoms with van der Waals surface area (Å²) in [5, 5.41) is 7.58. The number of furan rings is 1. The SMILES string of the molecule is CC(C)(C)c1c2ccccc2c(-c2ccc3c(c2)oc2ccccc23)c2ccccc12. The zero-order valence-electron chi connectivity index (χ0n) is 18.1. The second-order valence-electron chi connectivity index (χ2n) is 9.40. The number of para-hydroxylation sites is 1. The van der Waals surface area contributed by atoms with Gasteiger partial charge in [0, 0.05) is 10.8 Å². The highest BCUT2D eigenvalue weighted by Gasteiger charge is 2.23. The van der Waals surface area contributed by atoms with Crippen molar-refractivity contribution in [3.8, 4) is 11.1 Å². The first-order valence-electron chi connectivity index (χ1n) is 10.9. The van der Waals surface area contributed by atoms with E-state index in [1.807, 2.05) is 12.1 Å². The third kappa shape index (κ3) is 2.70. The van der Waals surface area contributed by atoms with Gasteiger partial charge in [0.2, 0.25) is 0 Å². The molecule has 0 bridgehead atoms. The first-order valence-corrected chi connectivity index (χ1v) is 10.9. The van der Waals surface area contributed by atoms with Crippen molar-refractivity contribution in [2.45, 2.75) is 26.2 Å². The Morgan fingerprint density at radius 3 is 1.65 bits per heavy atom. The molecule has 1 aromatic heterocycles. The van der Waals surface area contributed by atoms with Gasteiger partial charge >= 0.3 is 0 Å². The Morgan fingerprint density at radius 2 is 1.03 bits per heavy atom. The van der Waals surface area contributed by atoms with E-state index in [1.54, 1.807) is 0 Å². The van der Waals surface area contributed by atoms with Crippen LogP contribution in [0, 0.1) is 0 Å². The lowest BCUT2D eigenvalue weighted by Gasteiger charge is -2.26. The summed E-state index contributed by atoms with van der Waals surface area (Å²) in [5.74, 6) is 0. The van der Waals surface area contributed by atoms with Crippen molar-refractivity contribution in [3.63, 3.8) is 0 Å². The van der Waals surface area contributed by atoms with Gasteiger partial charge in [0.25, 0.3) is 0 Å². The molecule has 31 heavy (non-hydrogen) atoms. The van der Waals surface area contributed by atoms with Crippen molar-refractivity contribution >= 4 is 43.5 Å². The van der Waals surface area contributed by atoms with E-state index in [0.29, 0.717) is 0 Å². The highest BCUT2D eigenvalue weighted by Crippen LogP contribution is 2.44. The van der Waals surface area contributed by atoms with Gasteiger partial charge in [0.15, 0.2) is 0 Å². The van der Waals surface area contributed by atoms with Crippen LogP contribution >= 0.6 is 0 Å². The smallest absolute Gasteiger partial charge is 0.136 e. The van der Waals surface area contributed by atoms with E-state index in [1.165, 1.54) is 49.0 Å². The van der Waals surface area contributed by atoms with Crippen molar-refractivity contribution in [2.24, 2.45) is 0 Å². The molecule has 0 N–H and O–H groups in total. The van der Waals surface area contributed by atoms with Crippen LogP contribution in [0.4, 0.5) is 0 Å². The zero-order chi connectivity index (χ0) is 21.2. The molecule has 150 valence electrons. The van der Waals surface area contributed by atoms with Gasteiger partial charge in [-0.25, -0.2) is 0 Å². The fourth-order valence-corrected chi connectivity index (χ4v) is 5.13. The summed E-state index contributed by atoms with van der Waals surface area (Å²) in [7, 11) is 0. The number of hydrogen-bond acceptors (Lipinski definition) is 1. The minimum Gasteiger partial charge on any atom is -0.456 e. The van der Waals surface area contributed by atoms with Crippen molar-refractivity contribution in [2.75, 3.05) is 0 Å². The van der Waals surface area contributed by atoms with Gasteiger partial charge in [0.05, 0.1) is 0 Å². The summed E-state index contributed by atoms with van der Waals surface area (Å²) in [6.07, 6.45) is 0. The molecule has 6 rings (SSSR count). The van der Waals surface area contributed by atoms with Crippen LogP contribution in [-0.2, 0) is 5.41 Å². The molecule has 0 saturated heterocycles. The Labute approximate surface area is 181 Å². The minimum absolute atomic E-state index is 0.0421. The van der Waals surface area contributed by atoms with Gasteiger partial charge in [-0.15, -0.1) is 0 Å². The highest BCUT2D eigenvalue weighted by atomic mass is 16.3. The van der Waals surface area contributed by atoms with E-state index in [2.05, 4.69) is 99.6 Å². The zero-order valence-corrected chi connectivity index (χ0v) is 18.1. The fraction of sp³-hybridized carbons (Fsp3) is 0.133. The monoisotopic (exact) mass is 400 g/mol. The molecule has 0 saturated carbocycles. The molecule has 0 spiro atoms. The molecule has 6 aromatic rings. The molecule has 0 atom stereocenters. The third-order valence-electron chi connectivity index (χ3n) is 6.35. The average Bonchev–Trinajstić information content (AvgIpc) is 3.14. The van der Waals surface area contributed by atoms with Crippen molar-refractivity contribution < 1.29 is 4.42 Å². The van der Waals surface area contributed by atoms with Crippen molar-refractivity contribution in [3.05, 3.63) is 96.6 Å². The van der Waals surface area contributed by atoms with Crippen molar-refractivity contribution in [1.82, 2.24) is 0 Å². The molecular weight excluding hydrogens is 376 g/mol. The van der Waals surface area contributed by atoms with Gasteiger partial charge in [-0.05, 0) is 61.8 Å². The molecule has 0 aliphatic heterocycles. The molecule has 0 aliphatic carbocycles. The van der Waals surface area contributed by atoms with Crippen LogP contribution in [0.2, 0.25) is 0 Å². The van der Waals surface area contributed by atoms with Gasteiger partial charge < -0.3 is 4.42 Å². The van der Waals surface area contributed by atoms with Crippen LogP contribution in [0.1, 0.15) is 26.3 Å². The third-order valence-corrected chi connectivity index (χ3v) is 6.35. The predicted octanol–water partition coefficient (Wildman–Crippen LogP) is 8.86. The molecule has 0 amide bonds. The maximum absolute atomic E-state index is 6.22. The molecule has 0 fully saturated rings. The van der Waals surface area contributed by atoms with Crippen LogP contribution in [0.3, 0.4) is 0 Å². The van der Waals surface area contributed by atoms with Gasteiger partial charge in [-0.3, -0.25) is 0 Å². The summed E-state index contributed by atoms with van der Waals surface area (Å²) < 4.78 is 6.22. The molecule has 1 heterocycles. The second-order valence-corrected chi connectivity index (χ2v) is 9.40. The number of hydrogen-bond donors (Lipinski definition) is 0. The molecular formula is C30H24O. The van der Waals surface area contributed by atoms with Gasteiger partial charge in [-0.1, -0.05) is 93.6 Å². The highest BCUT2D eigenvalue weighted by molar-refractivity contribution is 6.16. The number of fused-ring (bicyclic) bond motifs is 5. The standard InChI is InChI=1S/C30H24O/c1-30(2,3)29-24-13-6-4-11-22(24)28(23-12-5-7-14-25(23)29)19-16-17-21-20-10-8-9-15-26(20)31-27(21)18-19/h4-18H,1-3H3. The van der Waals surface area contributed by atoms with E-state index in [-0.39, 0.29) is 5.41 Å². The first kappa shape index (κ1) is 18.2. The van der Waals surface area contributed by atoms with Crippen LogP contribution < -0.4 is 0 Å². The molecule has 1 heteroatoms. The van der Waals surface area contributed by atoms with Gasteiger partial charge in [0.1, 0.15) is 11.2 Å². The molecule has 0 aliphatic rings. The predicted molar refractivity (Wildman–Crippen MR) is 133 cm³/mol. The van der Waals surface area contributed by atoms with Crippen molar-refractivity contribution in [1.29, 1.82) is 0 Å². The van der Waals surface area contributed by atoms with E-state index < -0.39 is 0 Å². The summed E-state index contributed by atoms with van der Waals surface area (Å²) in [5.41, 5.74) is 5.80. The molecule has 1 nitrogen and oxygen atoms in total. The Bertz CT molecular complexity index is 1550. The average molecular weight is 401 g/mol. The summed E-state index contributed by atoms with van der Waals surface area (Å²) in [6.45, 7) is 6.92. The Kier molecular flexibility index (Phi) is 3.79. The summed E-state index contributed by atoms with van der Waals surface area (Å²) in [6, 6.07) is 32.6. The first-order chi connectivity index (χ1) is 15.0. The number of benzene rings is 5. The lowest BCUT2D eigenvalue weighted by Crippen LogP contribution is -2.13. The minimum atomic E-state index is 0.0421. The van der Waals surface area contributed by atoms with E-state index >= 15 is 0 Å². The lowest BCUT2D eigenvalue weighted by molar-refractivity contribution is 0.601. The van der Waals surface area contributed by atoms with Crippen LogP contribution in [0.15, 0.2) is 95.4 Å². The fourth-order valence-electron chi connectivity index (χ4n) is 5.13. The maximum atomic E-state index is 6.22. The van der Waals surface area contributed by atoms with Gasteiger partial charge in [-0.2, -0.15) is 0 Å². The molecule has 0 unspecified atom stereocenters. The van der Waals surface area contributed by atoms with Crippen LogP contribution in [0.5, 0.6) is 0 Å². The molecule has 0 radical (unpaired) electrons. The Balaban J connectivity index is 1.76. The van der Waals surface area contributed by atoms with Crippen LogP contribution in [0.25, 0.3) is 54.6 Å². The largest absolute Gasteiger partial charge is 0.456 e. The van der Waals surface area contributed by atoms with E-state index in [9.17, 15) is 0 Å². The van der Waals surface area contributed by atoms with E-state index in [0.717, 1.165) is 11.2 Å². The topological polar surface area (TPSA) is 13.1 Å². The second kappa shape index (κ2) is 6.46. The summed E-state index contributed by atoms with van der Waals surface area (Å²) >= 11 is 0. The molecule has 5 aromatic carbocycles. The number of rotatable bonds is 1. The Hall–Kier alpha value is -3.58. The van der Waals surface area contributed by atoms with E-state index in [4.69, 9.17) is 4.42 Å². The lowest BCUT2D eigenvalue weighted by atomic mass is 9.78. The summed E-state index contributed by atoms with van der Waals surface area (Å²) in [4.78, 5) is 0. The quantitative estimate of drug-likeness (QED) is 0.251. The maximum Gasteiger partial charge on any atom is 0.136 e.